The van der Waals surface area contributed by atoms with Gasteiger partial charge in [0.15, 0.2) is 18.4 Å². The largest absolute Gasteiger partial charge is 0.463 e. The monoisotopic (exact) mass is 417 g/mol. The van der Waals surface area contributed by atoms with E-state index in [-0.39, 0.29) is 23.8 Å². The molecule has 0 saturated carbocycles. The molecule has 1 saturated heterocycles. The highest BCUT2D eigenvalue weighted by Gasteiger charge is 2.51. The molecule has 3 heterocycles. The highest BCUT2D eigenvalue weighted by molar-refractivity contribution is 5.98. The molecule has 12 nitrogen and oxygen atoms in total. The summed E-state index contributed by atoms with van der Waals surface area (Å²) in [5, 5.41) is 0.310. The van der Waals surface area contributed by atoms with Crippen LogP contribution < -0.4 is 5.73 Å². The second-order valence-electron chi connectivity index (χ2n) is 6.51. The van der Waals surface area contributed by atoms with E-state index >= 15 is 0 Å². The normalized spacial score (nSPS) is 23.0. The molecule has 1 fully saturated rings. The number of anilines is 1. The second kappa shape index (κ2) is 8.34. The van der Waals surface area contributed by atoms with Crippen LogP contribution in [0.15, 0.2) is 12.5 Å². The molecule has 2 unspecified atom stereocenters. The highest BCUT2D eigenvalue weighted by Crippen LogP contribution is 2.39. The van der Waals surface area contributed by atoms with E-state index in [1.165, 1.54) is 37.9 Å². The lowest BCUT2D eigenvalue weighted by Gasteiger charge is -2.24. The fourth-order valence-electron chi connectivity index (χ4n) is 3.28. The molecule has 1 aliphatic heterocycles. The maximum absolute atomic E-state index is 11.8. The number of carbonyl (C=O) groups is 3. The van der Waals surface area contributed by atoms with Gasteiger partial charge in [-0.05, 0) is 0 Å². The molecule has 2 aromatic rings. The Balaban J connectivity index is 2.09. The van der Waals surface area contributed by atoms with Crippen LogP contribution in [0.1, 0.15) is 27.0 Å². The van der Waals surface area contributed by atoms with E-state index in [4.69, 9.17) is 31.3 Å². The Morgan fingerprint density at radius 1 is 1.17 bits per heavy atom. The van der Waals surface area contributed by atoms with Crippen molar-refractivity contribution in [1.82, 2.24) is 14.5 Å². The van der Waals surface area contributed by atoms with Crippen molar-refractivity contribution in [1.29, 1.82) is 0 Å². The Hall–Kier alpha value is -3.72. The summed E-state index contributed by atoms with van der Waals surface area (Å²) in [7, 11) is 0. The van der Waals surface area contributed by atoms with Crippen LogP contribution >= 0.6 is 0 Å². The quantitative estimate of drug-likeness (QED) is 0.422. The lowest BCUT2D eigenvalue weighted by atomic mass is 10.1. The zero-order valence-corrected chi connectivity index (χ0v) is 16.4. The number of fused-ring (bicyclic) bond motifs is 1. The minimum absolute atomic E-state index is 0.0970. The van der Waals surface area contributed by atoms with Crippen molar-refractivity contribution in [3.05, 3.63) is 23.9 Å². The van der Waals surface area contributed by atoms with Crippen LogP contribution in [0.4, 0.5) is 11.5 Å². The summed E-state index contributed by atoms with van der Waals surface area (Å²) in [6.07, 6.45) is -1.48. The number of aromatic nitrogens is 3. The van der Waals surface area contributed by atoms with E-state index in [0.29, 0.717) is 5.39 Å². The van der Waals surface area contributed by atoms with E-state index in [9.17, 15) is 14.4 Å². The fraction of sp³-hybridized carbons (Fsp3) is 0.444. The first-order valence-corrected chi connectivity index (χ1v) is 8.84. The van der Waals surface area contributed by atoms with E-state index < -0.39 is 42.4 Å². The van der Waals surface area contributed by atoms with Crippen molar-refractivity contribution < 1.29 is 33.3 Å². The van der Waals surface area contributed by atoms with Crippen LogP contribution in [0.25, 0.3) is 15.9 Å². The molecule has 158 valence electrons. The predicted molar refractivity (Wildman–Crippen MR) is 99.9 cm³/mol. The number of esters is 3. The van der Waals surface area contributed by atoms with Gasteiger partial charge in [0, 0.05) is 27.0 Å². The molecular formula is C18H19N5O7. The molecule has 0 radical (unpaired) electrons. The summed E-state index contributed by atoms with van der Waals surface area (Å²) in [6.45, 7) is 10.8. The van der Waals surface area contributed by atoms with E-state index in [0.717, 1.165) is 0 Å². The van der Waals surface area contributed by atoms with Gasteiger partial charge in [0.1, 0.15) is 30.5 Å². The van der Waals surface area contributed by atoms with Crippen molar-refractivity contribution >= 4 is 40.4 Å². The molecule has 12 heteroatoms. The molecule has 4 atom stereocenters. The van der Waals surface area contributed by atoms with Gasteiger partial charge in [-0.15, -0.1) is 0 Å². The topological polar surface area (TPSA) is 149 Å². The Kier molecular flexibility index (Phi) is 5.84. The third-order valence-corrected chi connectivity index (χ3v) is 4.35. The first-order valence-electron chi connectivity index (χ1n) is 8.84. The van der Waals surface area contributed by atoms with Gasteiger partial charge in [-0.25, -0.2) is 14.8 Å². The lowest BCUT2D eigenvalue weighted by Crippen LogP contribution is -2.40. The van der Waals surface area contributed by atoms with Crippen molar-refractivity contribution in [2.75, 3.05) is 12.3 Å². The molecule has 0 spiro atoms. The number of nitrogens with two attached hydrogens (primary N) is 1. The molecule has 30 heavy (non-hydrogen) atoms. The second-order valence-corrected chi connectivity index (χ2v) is 6.51. The molecule has 0 aromatic carbocycles. The molecule has 1 aliphatic rings. The van der Waals surface area contributed by atoms with Crippen LogP contribution in [-0.4, -0.2) is 57.4 Å². The van der Waals surface area contributed by atoms with Gasteiger partial charge in [-0.1, -0.05) is 0 Å². The van der Waals surface area contributed by atoms with Gasteiger partial charge in [-0.2, -0.15) is 0 Å². The van der Waals surface area contributed by atoms with Gasteiger partial charge in [0.05, 0.1) is 12.0 Å². The van der Waals surface area contributed by atoms with Gasteiger partial charge >= 0.3 is 17.9 Å². The first-order chi connectivity index (χ1) is 14.2. The maximum atomic E-state index is 11.8. The summed E-state index contributed by atoms with van der Waals surface area (Å²) < 4.78 is 23.1. The SMILES string of the molecule is [C-]#[N+]c1cn([C@@H]2OC(COC(C)=O)C(OC(C)=O)[C@H]2OC(C)=O)c2ncnc(N)c12. The van der Waals surface area contributed by atoms with E-state index in [1.54, 1.807) is 0 Å². The minimum Gasteiger partial charge on any atom is -0.463 e. The summed E-state index contributed by atoms with van der Waals surface area (Å²) in [4.78, 5) is 46.2. The third-order valence-electron chi connectivity index (χ3n) is 4.35. The molecular weight excluding hydrogens is 398 g/mol. The Labute approximate surface area is 170 Å². The summed E-state index contributed by atoms with van der Waals surface area (Å²) in [5.41, 5.74) is 6.34. The van der Waals surface area contributed by atoms with E-state index in [2.05, 4.69) is 14.8 Å². The summed E-state index contributed by atoms with van der Waals surface area (Å²) in [5.74, 6) is -1.75. The minimum atomic E-state index is -1.10. The lowest BCUT2D eigenvalue weighted by molar-refractivity contribution is -0.166. The number of carbonyl (C=O) groups excluding carboxylic acids is 3. The highest BCUT2D eigenvalue weighted by atomic mass is 16.7. The van der Waals surface area contributed by atoms with Crippen LogP contribution in [0.2, 0.25) is 0 Å². The van der Waals surface area contributed by atoms with Crippen LogP contribution in [0.3, 0.4) is 0 Å². The standard InChI is InChI=1S/C18H19N5O7/c1-8(24)27-6-12-14(28-9(2)25)15(29-10(3)26)18(30-12)23-5-11(20-4)13-16(19)21-7-22-17(13)23/h5,7,12,14-15,18H,6H2,1-3H3,(H2,19,21,22)/t12?,14?,15-,18-/m1/s1. The van der Waals surface area contributed by atoms with Crippen LogP contribution in [0.5, 0.6) is 0 Å². The molecule has 3 rings (SSSR count). The number of rotatable bonds is 5. The van der Waals surface area contributed by atoms with Gasteiger partial charge in [0.25, 0.3) is 0 Å². The zero-order chi connectivity index (χ0) is 22.0. The maximum Gasteiger partial charge on any atom is 0.303 e. The number of ether oxygens (including phenoxy) is 4. The summed E-state index contributed by atoms with van der Waals surface area (Å²) in [6, 6.07) is 0. The van der Waals surface area contributed by atoms with Crippen molar-refractivity contribution in [3.8, 4) is 0 Å². The fourth-order valence-corrected chi connectivity index (χ4v) is 3.28. The number of hydrogen-bond donors (Lipinski definition) is 1. The van der Waals surface area contributed by atoms with Gasteiger partial charge in [0.2, 0.25) is 5.69 Å². The molecule has 2 aromatic heterocycles. The van der Waals surface area contributed by atoms with Crippen molar-refractivity contribution in [2.24, 2.45) is 0 Å². The molecule has 2 N–H and O–H groups in total. The van der Waals surface area contributed by atoms with Crippen LogP contribution in [0, 0.1) is 6.57 Å². The zero-order valence-electron chi connectivity index (χ0n) is 16.4. The number of nitrogen functional groups attached to an aromatic ring is 1. The first kappa shape index (κ1) is 21.0. The average Bonchev–Trinajstić information content (AvgIpc) is 3.19. The molecule has 0 aliphatic carbocycles. The van der Waals surface area contributed by atoms with E-state index in [1.807, 2.05) is 0 Å². The number of hydrogen-bond acceptors (Lipinski definition) is 10. The molecule has 0 amide bonds. The van der Waals surface area contributed by atoms with Crippen molar-refractivity contribution in [2.45, 2.75) is 45.3 Å². The third kappa shape index (κ3) is 4.01. The predicted octanol–water partition coefficient (Wildman–Crippen LogP) is 0.888. The van der Waals surface area contributed by atoms with Crippen LogP contribution in [-0.2, 0) is 33.3 Å². The smallest absolute Gasteiger partial charge is 0.303 e. The molecule has 0 bridgehead atoms. The Morgan fingerprint density at radius 3 is 2.43 bits per heavy atom. The Morgan fingerprint density at radius 2 is 1.83 bits per heavy atom. The number of nitrogens with zero attached hydrogens (tertiary/aromatic N) is 4. The summed E-state index contributed by atoms with van der Waals surface area (Å²) >= 11 is 0. The van der Waals surface area contributed by atoms with Gasteiger partial charge < -0.3 is 29.2 Å². The van der Waals surface area contributed by atoms with Gasteiger partial charge in [-0.3, -0.25) is 14.4 Å². The van der Waals surface area contributed by atoms with Crippen molar-refractivity contribution in [3.63, 3.8) is 0 Å². The average molecular weight is 417 g/mol. The Bertz CT molecular complexity index is 1040.